The van der Waals surface area contributed by atoms with Gasteiger partial charge >= 0.3 is 0 Å². The maximum atomic E-state index is 14.8. The van der Waals surface area contributed by atoms with E-state index in [2.05, 4.69) is 6.08 Å². The second-order valence-corrected chi connectivity index (χ2v) is 7.14. The molecule has 0 amide bonds. The normalized spacial score (nSPS) is 19.9. The maximum Gasteiger partial charge on any atom is 0.201 e. The molecule has 3 rings (SSSR count). The van der Waals surface area contributed by atoms with Gasteiger partial charge in [0.25, 0.3) is 0 Å². The minimum Gasteiger partial charge on any atom is -0.491 e. The Morgan fingerprint density at radius 1 is 0.857 bits per heavy atom. The Morgan fingerprint density at radius 2 is 1.46 bits per heavy atom. The molecule has 0 atom stereocenters. The van der Waals surface area contributed by atoms with Gasteiger partial charge in [0.15, 0.2) is 23.2 Å². The van der Waals surface area contributed by atoms with Crippen LogP contribution in [0.5, 0.6) is 5.75 Å². The van der Waals surface area contributed by atoms with Crippen LogP contribution in [0.25, 0.3) is 11.1 Å². The summed E-state index contributed by atoms with van der Waals surface area (Å²) in [6, 6.07) is 5.28. The zero-order valence-electron chi connectivity index (χ0n) is 16.1. The van der Waals surface area contributed by atoms with Crippen molar-refractivity contribution in [1.82, 2.24) is 0 Å². The Bertz CT molecular complexity index is 867. The van der Waals surface area contributed by atoms with E-state index in [-0.39, 0.29) is 29.4 Å². The molecule has 0 saturated heterocycles. The van der Waals surface area contributed by atoms with Crippen LogP contribution in [0.15, 0.2) is 36.4 Å². The van der Waals surface area contributed by atoms with Crippen LogP contribution in [0.1, 0.15) is 51.0 Å². The highest BCUT2D eigenvalue weighted by molar-refractivity contribution is 5.66. The fourth-order valence-electron chi connectivity index (χ4n) is 3.99. The third kappa shape index (κ3) is 3.94. The van der Waals surface area contributed by atoms with Gasteiger partial charge in [0.1, 0.15) is 0 Å². The molecule has 0 radical (unpaired) electrons. The van der Waals surface area contributed by atoms with Crippen LogP contribution < -0.4 is 4.74 Å². The summed E-state index contributed by atoms with van der Waals surface area (Å²) in [5.74, 6) is -4.40. The highest BCUT2D eigenvalue weighted by atomic mass is 19.2. The molecular formula is C23H24F4O. The van der Waals surface area contributed by atoms with E-state index in [0.29, 0.717) is 11.5 Å². The number of rotatable bonds is 5. The number of hydrogen-bond donors (Lipinski definition) is 0. The second-order valence-electron chi connectivity index (χ2n) is 7.14. The molecule has 1 nitrogen and oxygen atoms in total. The molecule has 0 aliphatic heterocycles. The molecule has 28 heavy (non-hydrogen) atoms. The molecule has 2 aromatic rings. The van der Waals surface area contributed by atoms with Crippen molar-refractivity contribution in [3.63, 3.8) is 0 Å². The molecule has 2 aromatic carbocycles. The lowest BCUT2D eigenvalue weighted by molar-refractivity contribution is 0.314. The smallest absolute Gasteiger partial charge is 0.201 e. The maximum absolute atomic E-state index is 14.8. The zero-order chi connectivity index (χ0) is 20.3. The van der Waals surface area contributed by atoms with Gasteiger partial charge in [0.2, 0.25) is 5.82 Å². The number of hydrogen-bond acceptors (Lipinski definition) is 1. The second kappa shape index (κ2) is 8.80. The average molecular weight is 392 g/mol. The SMILES string of the molecule is C/C=C/C1CCC(c2ccc(-c3ccc(OCC)c(F)c3F)c(F)c2F)CC1. The lowest BCUT2D eigenvalue weighted by Crippen LogP contribution is -2.13. The molecular weight excluding hydrogens is 368 g/mol. The summed E-state index contributed by atoms with van der Waals surface area (Å²) in [7, 11) is 0. The number of benzene rings is 2. The Labute approximate surface area is 163 Å². The van der Waals surface area contributed by atoms with Crippen LogP contribution in [-0.2, 0) is 0 Å². The van der Waals surface area contributed by atoms with E-state index >= 15 is 0 Å². The van der Waals surface area contributed by atoms with Crippen molar-refractivity contribution in [2.45, 2.75) is 45.4 Å². The van der Waals surface area contributed by atoms with Crippen LogP contribution in [0.4, 0.5) is 17.6 Å². The average Bonchev–Trinajstić information content (AvgIpc) is 2.69. The summed E-state index contributed by atoms with van der Waals surface area (Å²) in [4.78, 5) is 0. The Balaban J connectivity index is 1.90. The first-order valence-corrected chi connectivity index (χ1v) is 9.69. The van der Waals surface area contributed by atoms with Crippen molar-refractivity contribution < 1.29 is 22.3 Å². The van der Waals surface area contributed by atoms with Crippen LogP contribution in [0.2, 0.25) is 0 Å². The largest absolute Gasteiger partial charge is 0.491 e. The molecule has 5 heteroatoms. The van der Waals surface area contributed by atoms with E-state index < -0.39 is 23.3 Å². The fraction of sp³-hybridized carbons (Fsp3) is 0.391. The predicted octanol–water partition coefficient (Wildman–Crippen LogP) is 7.16. The monoisotopic (exact) mass is 392 g/mol. The van der Waals surface area contributed by atoms with Crippen molar-refractivity contribution in [3.05, 3.63) is 65.2 Å². The van der Waals surface area contributed by atoms with E-state index in [4.69, 9.17) is 4.74 Å². The molecule has 0 aromatic heterocycles. The molecule has 0 heterocycles. The standard InChI is InChI=1S/C23H24F4O/c1-3-5-14-6-8-15(9-7-14)16-10-11-17(21(25)20(16)24)18-12-13-19(28-4-2)23(27)22(18)26/h3,5,10-15H,4,6-9H2,1-2H3/b5-3+. The Hall–Kier alpha value is -2.30. The molecule has 1 fully saturated rings. The van der Waals surface area contributed by atoms with Crippen molar-refractivity contribution in [2.75, 3.05) is 6.61 Å². The lowest BCUT2D eigenvalue weighted by Gasteiger charge is -2.27. The van der Waals surface area contributed by atoms with Gasteiger partial charge in [-0.05, 0) is 69.1 Å². The first-order chi connectivity index (χ1) is 13.5. The Morgan fingerprint density at radius 3 is 2.07 bits per heavy atom. The molecule has 0 unspecified atom stereocenters. The van der Waals surface area contributed by atoms with E-state index in [1.807, 2.05) is 13.0 Å². The van der Waals surface area contributed by atoms with Gasteiger partial charge in [-0.1, -0.05) is 24.3 Å². The van der Waals surface area contributed by atoms with E-state index in [1.165, 1.54) is 24.3 Å². The predicted molar refractivity (Wildman–Crippen MR) is 102 cm³/mol. The van der Waals surface area contributed by atoms with Crippen molar-refractivity contribution in [1.29, 1.82) is 0 Å². The van der Waals surface area contributed by atoms with Crippen molar-refractivity contribution >= 4 is 0 Å². The summed E-state index contributed by atoms with van der Waals surface area (Å²) in [5, 5.41) is 0. The van der Waals surface area contributed by atoms with Gasteiger partial charge in [-0.15, -0.1) is 0 Å². The van der Waals surface area contributed by atoms with Crippen LogP contribution in [-0.4, -0.2) is 6.61 Å². The molecule has 1 aliphatic carbocycles. The first-order valence-electron chi connectivity index (χ1n) is 9.69. The minimum atomic E-state index is -1.25. The summed E-state index contributed by atoms with van der Waals surface area (Å²) in [6.07, 6.45) is 7.57. The van der Waals surface area contributed by atoms with Gasteiger partial charge in [0, 0.05) is 11.1 Å². The van der Waals surface area contributed by atoms with Gasteiger partial charge in [0.05, 0.1) is 6.61 Å². The summed E-state index contributed by atoms with van der Waals surface area (Å²) >= 11 is 0. The van der Waals surface area contributed by atoms with Crippen molar-refractivity contribution in [3.8, 4) is 16.9 Å². The number of allylic oxidation sites excluding steroid dienone is 2. The highest BCUT2D eigenvalue weighted by Gasteiger charge is 2.27. The molecule has 1 saturated carbocycles. The molecule has 150 valence electrons. The minimum absolute atomic E-state index is 0.0630. The zero-order valence-corrected chi connectivity index (χ0v) is 16.1. The molecule has 1 aliphatic rings. The van der Waals surface area contributed by atoms with Crippen LogP contribution in [0, 0.1) is 29.2 Å². The molecule has 0 spiro atoms. The van der Waals surface area contributed by atoms with E-state index in [9.17, 15) is 17.6 Å². The van der Waals surface area contributed by atoms with E-state index in [1.54, 1.807) is 6.92 Å². The number of ether oxygens (including phenoxy) is 1. The quantitative estimate of drug-likeness (QED) is 0.387. The topological polar surface area (TPSA) is 9.23 Å². The molecule has 0 N–H and O–H groups in total. The van der Waals surface area contributed by atoms with E-state index in [0.717, 1.165) is 25.7 Å². The van der Waals surface area contributed by atoms with Gasteiger partial charge < -0.3 is 4.74 Å². The van der Waals surface area contributed by atoms with Crippen LogP contribution >= 0.6 is 0 Å². The van der Waals surface area contributed by atoms with Gasteiger partial charge in [-0.25, -0.2) is 13.2 Å². The molecule has 0 bridgehead atoms. The third-order valence-electron chi connectivity index (χ3n) is 5.43. The lowest BCUT2D eigenvalue weighted by atomic mass is 9.78. The first kappa shape index (κ1) is 20.4. The summed E-state index contributed by atoms with van der Waals surface area (Å²) < 4.78 is 63.1. The fourth-order valence-corrected chi connectivity index (χ4v) is 3.99. The van der Waals surface area contributed by atoms with Crippen LogP contribution in [0.3, 0.4) is 0 Å². The summed E-state index contributed by atoms with van der Waals surface area (Å²) in [5.41, 5.74) is -0.295. The van der Waals surface area contributed by atoms with Gasteiger partial charge in [-0.2, -0.15) is 4.39 Å². The third-order valence-corrected chi connectivity index (χ3v) is 5.43. The van der Waals surface area contributed by atoms with Crippen molar-refractivity contribution in [2.24, 2.45) is 5.92 Å². The summed E-state index contributed by atoms with van der Waals surface area (Å²) in [6.45, 7) is 3.79. The van der Waals surface area contributed by atoms with Gasteiger partial charge in [-0.3, -0.25) is 0 Å². The number of halogens is 4. The highest BCUT2D eigenvalue weighted by Crippen LogP contribution is 2.40. The Kier molecular flexibility index (Phi) is 6.42.